The molecule has 0 bridgehead atoms. The number of carbonyl (C=O) groups excluding carboxylic acids is 2. The Labute approximate surface area is 222 Å². The largest absolute Gasteiger partial charge is 0.352 e. The van der Waals surface area contributed by atoms with Crippen molar-refractivity contribution in [1.29, 1.82) is 0 Å². The first-order valence-electron chi connectivity index (χ1n) is 13.6. The fourth-order valence-electron chi connectivity index (χ4n) is 5.26. The summed E-state index contributed by atoms with van der Waals surface area (Å²) in [6, 6.07) is 24.0. The summed E-state index contributed by atoms with van der Waals surface area (Å²) in [5, 5.41) is 3.32. The molecule has 0 spiro atoms. The minimum absolute atomic E-state index is 0.0220. The minimum Gasteiger partial charge on any atom is -0.352 e. The third kappa shape index (κ3) is 7.31. The van der Waals surface area contributed by atoms with Crippen LogP contribution in [0.5, 0.6) is 0 Å². The van der Waals surface area contributed by atoms with Crippen molar-refractivity contribution >= 4 is 11.8 Å². The molecule has 1 N–H and O–H groups in total. The molecule has 0 heterocycles. The second-order valence-electron chi connectivity index (χ2n) is 10.6. The zero-order valence-corrected chi connectivity index (χ0v) is 22.5. The molecule has 1 atom stereocenters. The lowest BCUT2D eigenvalue weighted by molar-refractivity contribution is -0.141. The normalized spacial score (nSPS) is 14.7. The molecular formula is C33H40N2O2. The van der Waals surface area contributed by atoms with Crippen LogP contribution < -0.4 is 5.32 Å². The predicted octanol–water partition coefficient (Wildman–Crippen LogP) is 6.24. The first kappa shape index (κ1) is 26.7. The van der Waals surface area contributed by atoms with Crippen LogP contribution in [0.25, 0.3) is 0 Å². The maximum atomic E-state index is 14.0. The summed E-state index contributed by atoms with van der Waals surface area (Å²) in [6.07, 6.45) is 6.31. The molecule has 1 fully saturated rings. The zero-order chi connectivity index (χ0) is 26.2. The quantitative estimate of drug-likeness (QED) is 0.381. The van der Waals surface area contributed by atoms with Crippen LogP contribution in [-0.4, -0.2) is 28.8 Å². The van der Waals surface area contributed by atoms with E-state index in [-0.39, 0.29) is 24.3 Å². The van der Waals surface area contributed by atoms with Gasteiger partial charge in [0.05, 0.1) is 6.42 Å². The second-order valence-corrected chi connectivity index (χ2v) is 10.6. The van der Waals surface area contributed by atoms with E-state index < -0.39 is 6.04 Å². The standard InChI is InChI=1S/C33H40N2O2/c1-24-18-19-28(20-26(24)3)22-32(36)35(23-29-15-11-10-12-25(29)2)31(21-27-13-6-4-7-14-27)33(37)34-30-16-8-5-9-17-30/h4,6-7,10-15,18-20,30-31H,5,8-9,16-17,21-23H2,1-3H3,(H,34,37)/t31-/m0/s1. The van der Waals surface area contributed by atoms with Gasteiger partial charge in [-0.3, -0.25) is 9.59 Å². The van der Waals surface area contributed by atoms with Gasteiger partial charge in [0, 0.05) is 19.0 Å². The van der Waals surface area contributed by atoms with Crippen LogP contribution in [-0.2, 0) is 29.0 Å². The molecule has 0 radical (unpaired) electrons. The number of aryl methyl sites for hydroxylation is 3. The lowest BCUT2D eigenvalue weighted by Crippen LogP contribution is -2.53. The van der Waals surface area contributed by atoms with Gasteiger partial charge in [0.15, 0.2) is 0 Å². The molecule has 1 saturated carbocycles. The van der Waals surface area contributed by atoms with E-state index in [0.29, 0.717) is 13.0 Å². The van der Waals surface area contributed by atoms with Crippen LogP contribution >= 0.6 is 0 Å². The Morgan fingerprint density at radius 2 is 1.51 bits per heavy atom. The predicted molar refractivity (Wildman–Crippen MR) is 150 cm³/mol. The maximum Gasteiger partial charge on any atom is 0.243 e. The van der Waals surface area contributed by atoms with Crippen molar-refractivity contribution in [2.45, 2.75) is 84.3 Å². The average molecular weight is 497 g/mol. The van der Waals surface area contributed by atoms with Crippen molar-refractivity contribution in [3.05, 3.63) is 106 Å². The Hall–Kier alpha value is -3.40. The summed E-state index contributed by atoms with van der Waals surface area (Å²) in [5.41, 5.74) is 6.61. The van der Waals surface area contributed by atoms with Crippen LogP contribution in [0.2, 0.25) is 0 Å². The van der Waals surface area contributed by atoms with Gasteiger partial charge < -0.3 is 10.2 Å². The lowest BCUT2D eigenvalue weighted by atomic mass is 9.94. The maximum absolute atomic E-state index is 14.0. The minimum atomic E-state index is -0.581. The van der Waals surface area contributed by atoms with Gasteiger partial charge in [-0.1, -0.05) is 92.1 Å². The SMILES string of the molecule is Cc1ccc(CC(=O)N(Cc2ccccc2C)[C@@H](Cc2ccccc2)C(=O)NC2CCCCC2)cc1C. The summed E-state index contributed by atoms with van der Waals surface area (Å²) < 4.78 is 0. The highest BCUT2D eigenvalue weighted by Crippen LogP contribution is 2.21. The molecule has 3 aromatic carbocycles. The molecular weight excluding hydrogens is 456 g/mol. The first-order valence-corrected chi connectivity index (χ1v) is 13.6. The smallest absolute Gasteiger partial charge is 0.243 e. The van der Waals surface area contributed by atoms with Gasteiger partial charge in [0.25, 0.3) is 0 Å². The fourth-order valence-corrected chi connectivity index (χ4v) is 5.26. The number of nitrogens with zero attached hydrogens (tertiary/aromatic N) is 1. The monoisotopic (exact) mass is 496 g/mol. The average Bonchev–Trinajstić information content (AvgIpc) is 2.90. The number of hydrogen-bond acceptors (Lipinski definition) is 2. The van der Waals surface area contributed by atoms with Gasteiger partial charge in [-0.25, -0.2) is 0 Å². The van der Waals surface area contributed by atoms with Gasteiger partial charge >= 0.3 is 0 Å². The summed E-state index contributed by atoms with van der Waals surface area (Å²) in [7, 11) is 0. The van der Waals surface area contributed by atoms with Crippen LogP contribution in [0.1, 0.15) is 65.5 Å². The molecule has 1 aliphatic carbocycles. The van der Waals surface area contributed by atoms with Crippen LogP contribution in [0, 0.1) is 20.8 Å². The third-order valence-corrected chi connectivity index (χ3v) is 7.75. The molecule has 0 aliphatic heterocycles. The van der Waals surface area contributed by atoms with Gasteiger partial charge in [0.2, 0.25) is 11.8 Å². The van der Waals surface area contributed by atoms with Crippen LogP contribution in [0.3, 0.4) is 0 Å². The summed E-state index contributed by atoms with van der Waals surface area (Å²) >= 11 is 0. The number of benzene rings is 3. The number of rotatable bonds is 9. The molecule has 0 saturated heterocycles. The Kier molecular flexibility index (Phi) is 9.16. The van der Waals surface area contributed by atoms with Gasteiger partial charge in [0.1, 0.15) is 6.04 Å². The van der Waals surface area contributed by atoms with Crippen molar-refractivity contribution in [3.8, 4) is 0 Å². The summed E-state index contributed by atoms with van der Waals surface area (Å²) in [5.74, 6) is -0.0657. The van der Waals surface area contributed by atoms with E-state index >= 15 is 0 Å². The van der Waals surface area contributed by atoms with Crippen LogP contribution in [0.15, 0.2) is 72.8 Å². The number of nitrogens with one attached hydrogen (secondary N) is 1. The van der Waals surface area contributed by atoms with E-state index in [9.17, 15) is 9.59 Å². The molecule has 4 nitrogen and oxygen atoms in total. The first-order chi connectivity index (χ1) is 17.9. The Morgan fingerprint density at radius 3 is 2.22 bits per heavy atom. The zero-order valence-electron chi connectivity index (χ0n) is 22.5. The molecule has 37 heavy (non-hydrogen) atoms. The fraction of sp³-hybridized carbons (Fsp3) is 0.394. The number of hydrogen-bond donors (Lipinski definition) is 1. The van der Waals surface area contributed by atoms with Gasteiger partial charge in [-0.15, -0.1) is 0 Å². The Balaban J connectivity index is 1.67. The topological polar surface area (TPSA) is 49.4 Å². The van der Waals surface area contributed by atoms with Gasteiger partial charge in [-0.2, -0.15) is 0 Å². The van der Waals surface area contributed by atoms with E-state index in [4.69, 9.17) is 0 Å². The molecule has 2 amide bonds. The Bertz CT molecular complexity index is 1200. The summed E-state index contributed by atoms with van der Waals surface area (Å²) in [4.78, 5) is 29.7. The molecule has 3 aromatic rings. The van der Waals surface area contributed by atoms with Crippen LogP contribution in [0.4, 0.5) is 0 Å². The molecule has 0 unspecified atom stereocenters. The highest BCUT2D eigenvalue weighted by Gasteiger charge is 2.32. The number of carbonyl (C=O) groups is 2. The van der Waals surface area contributed by atoms with E-state index in [1.807, 2.05) is 53.4 Å². The molecule has 1 aliphatic rings. The third-order valence-electron chi connectivity index (χ3n) is 7.75. The number of amides is 2. The highest BCUT2D eigenvalue weighted by atomic mass is 16.2. The van der Waals surface area contributed by atoms with Crippen molar-refractivity contribution in [2.75, 3.05) is 0 Å². The van der Waals surface area contributed by atoms with E-state index in [2.05, 4.69) is 50.4 Å². The lowest BCUT2D eigenvalue weighted by Gasteiger charge is -2.34. The van der Waals surface area contributed by atoms with Crippen molar-refractivity contribution < 1.29 is 9.59 Å². The van der Waals surface area contributed by atoms with Crippen molar-refractivity contribution in [2.24, 2.45) is 0 Å². The molecule has 0 aromatic heterocycles. The van der Waals surface area contributed by atoms with Crippen molar-refractivity contribution in [3.63, 3.8) is 0 Å². The van der Waals surface area contributed by atoms with E-state index in [1.54, 1.807) is 0 Å². The summed E-state index contributed by atoms with van der Waals surface area (Å²) in [6.45, 7) is 6.63. The molecule has 194 valence electrons. The second kappa shape index (κ2) is 12.7. The highest BCUT2D eigenvalue weighted by molar-refractivity contribution is 5.89. The van der Waals surface area contributed by atoms with E-state index in [0.717, 1.165) is 47.9 Å². The van der Waals surface area contributed by atoms with E-state index in [1.165, 1.54) is 17.5 Å². The molecule has 4 heteroatoms. The van der Waals surface area contributed by atoms with Gasteiger partial charge in [-0.05, 0) is 67.0 Å². The molecule has 4 rings (SSSR count). The Morgan fingerprint density at radius 1 is 0.811 bits per heavy atom. The van der Waals surface area contributed by atoms with Crippen molar-refractivity contribution in [1.82, 2.24) is 10.2 Å².